The van der Waals surface area contributed by atoms with Gasteiger partial charge in [0.05, 0.1) is 0 Å². The average Bonchev–Trinajstić information content (AvgIpc) is 1.78. The molecule has 0 unspecified atom stereocenters. The molecule has 1 nitrogen and oxygen atoms in total. The molecule has 0 saturated heterocycles. The maximum Gasteiger partial charge on any atom is 0.123 e. The van der Waals surface area contributed by atoms with Crippen molar-refractivity contribution in [3.63, 3.8) is 0 Å². The van der Waals surface area contributed by atoms with Gasteiger partial charge >= 0.3 is 0 Å². The quantitative estimate of drug-likeness (QED) is 0.435. The van der Waals surface area contributed by atoms with E-state index in [4.69, 9.17) is 0 Å². The Labute approximate surface area is 63.1 Å². The van der Waals surface area contributed by atoms with E-state index in [1.165, 1.54) is 0 Å². The molecule has 58 valence electrons. The second-order valence-corrected chi connectivity index (χ2v) is 3.64. The van der Waals surface area contributed by atoms with E-state index in [0.717, 1.165) is 12.7 Å². The number of carbonyl (C=O) groups excluding carboxylic acids is 1. The molecule has 0 radical (unpaired) electrons. The summed E-state index contributed by atoms with van der Waals surface area (Å²) in [5.41, 5.74) is 0.347. The summed E-state index contributed by atoms with van der Waals surface area (Å²) in [6, 6.07) is 0. The molecule has 0 amide bonds. The zero-order valence-electron chi connectivity index (χ0n) is 7.05. The van der Waals surface area contributed by atoms with Gasteiger partial charge in [-0.05, 0) is 11.8 Å². The maximum absolute atomic E-state index is 9.88. The number of rotatable bonds is 3. The Hall–Kier alpha value is -0.590. The molecule has 0 rings (SSSR count). The maximum atomic E-state index is 9.88. The fraction of sp³-hybridized carbons (Fsp3) is 0.667. The van der Waals surface area contributed by atoms with Crippen molar-refractivity contribution in [1.29, 1.82) is 0 Å². The second-order valence-electron chi connectivity index (χ2n) is 3.64. The number of hydrogen-bond acceptors (Lipinski definition) is 1. The first-order chi connectivity index (χ1) is 4.56. The highest BCUT2D eigenvalue weighted by molar-refractivity contribution is 5.51. The largest absolute Gasteiger partial charge is 0.303 e. The van der Waals surface area contributed by atoms with Gasteiger partial charge in [-0.25, -0.2) is 0 Å². The Morgan fingerprint density at radius 3 is 2.20 bits per heavy atom. The minimum atomic E-state index is 0.347. The highest BCUT2D eigenvalue weighted by atomic mass is 16.1. The third-order valence-electron chi connectivity index (χ3n) is 1.13. The Bertz CT molecular complexity index is 117. The minimum absolute atomic E-state index is 0.347. The smallest absolute Gasteiger partial charge is 0.123 e. The van der Waals surface area contributed by atoms with Crippen molar-refractivity contribution in [2.75, 3.05) is 0 Å². The topological polar surface area (TPSA) is 17.1 Å². The molecule has 0 bridgehead atoms. The van der Waals surface area contributed by atoms with E-state index in [9.17, 15) is 4.79 Å². The van der Waals surface area contributed by atoms with Gasteiger partial charge in [-0.15, -0.1) is 0 Å². The predicted molar refractivity (Wildman–Crippen MR) is 43.9 cm³/mol. The SMILES string of the molecule is CC(C)(C)C/C=C\CC=O. The lowest BCUT2D eigenvalue weighted by atomic mass is 9.92. The van der Waals surface area contributed by atoms with Gasteiger partial charge in [0, 0.05) is 6.42 Å². The molecule has 0 aliphatic carbocycles. The van der Waals surface area contributed by atoms with Crippen molar-refractivity contribution in [2.24, 2.45) is 5.41 Å². The van der Waals surface area contributed by atoms with Crippen molar-refractivity contribution in [1.82, 2.24) is 0 Å². The standard InChI is InChI=1S/C9H16O/c1-9(2,3)7-5-4-6-8-10/h4-5,8H,6-7H2,1-3H3/b5-4-. The van der Waals surface area contributed by atoms with Crippen LogP contribution < -0.4 is 0 Å². The van der Waals surface area contributed by atoms with E-state index < -0.39 is 0 Å². The second kappa shape index (κ2) is 4.26. The highest BCUT2D eigenvalue weighted by Gasteiger charge is 2.05. The van der Waals surface area contributed by atoms with Gasteiger partial charge in [0.15, 0.2) is 0 Å². The van der Waals surface area contributed by atoms with E-state index in [1.807, 2.05) is 6.08 Å². The Kier molecular flexibility index (Phi) is 4.01. The van der Waals surface area contributed by atoms with Gasteiger partial charge < -0.3 is 4.79 Å². The molecule has 0 aliphatic heterocycles. The summed E-state index contributed by atoms with van der Waals surface area (Å²) in [6.07, 6.45) is 6.49. The fourth-order valence-corrected chi connectivity index (χ4v) is 0.589. The summed E-state index contributed by atoms with van der Waals surface area (Å²) in [4.78, 5) is 9.88. The Morgan fingerprint density at radius 2 is 1.80 bits per heavy atom. The molecule has 0 spiro atoms. The van der Waals surface area contributed by atoms with E-state index in [-0.39, 0.29) is 0 Å². The molecule has 1 heteroatoms. The predicted octanol–water partition coefficient (Wildman–Crippen LogP) is 2.57. The summed E-state index contributed by atoms with van der Waals surface area (Å²) in [5, 5.41) is 0. The van der Waals surface area contributed by atoms with Crippen molar-refractivity contribution < 1.29 is 4.79 Å². The summed E-state index contributed by atoms with van der Waals surface area (Å²) in [7, 11) is 0. The lowest BCUT2D eigenvalue weighted by Crippen LogP contribution is -2.01. The Balaban J connectivity index is 3.43. The van der Waals surface area contributed by atoms with Gasteiger partial charge in [-0.1, -0.05) is 32.9 Å². The zero-order valence-corrected chi connectivity index (χ0v) is 7.05. The summed E-state index contributed by atoms with van der Waals surface area (Å²) in [6.45, 7) is 6.54. The first-order valence-corrected chi connectivity index (χ1v) is 3.65. The van der Waals surface area contributed by atoms with Crippen LogP contribution in [0.5, 0.6) is 0 Å². The average molecular weight is 140 g/mol. The molecule has 0 aromatic carbocycles. The van der Waals surface area contributed by atoms with Gasteiger partial charge in [-0.2, -0.15) is 0 Å². The molecule has 0 aliphatic rings. The molecule has 10 heavy (non-hydrogen) atoms. The van der Waals surface area contributed by atoms with Crippen molar-refractivity contribution in [3.05, 3.63) is 12.2 Å². The van der Waals surface area contributed by atoms with E-state index >= 15 is 0 Å². The molecule has 0 saturated carbocycles. The van der Waals surface area contributed by atoms with Crippen molar-refractivity contribution >= 4 is 6.29 Å². The van der Waals surface area contributed by atoms with Crippen LogP contribution in [0, 0.1) is 5.41 Å². The van der Waals surface area contributed by atoms with Gasteiger partial charge in [0.25, 0.3) is 0 Å². The van der Waals surface area contributed by atoms with Crippen LogP contribution in [-0.2, 0) is 4.79 Å². The third-order valence-corrected chi connectivity index (χ3v) is 1.13. The Morgan fingerprint density at radius 1 is 1.20 bits per heavy atom. The van der Waals surface area contributed by atoms with Crippen LogP contribution in [0.1, 0.15) is 33.6 Å². The van der Waals surface area contributed by atoms with Crippen LogP contribution >= 0.6 is 0 Å². The molecule has 0 aromatic heterocycles. The lowest BCUT2D eigenvalue weighted by molar-refractivity contribution is -0.107. The highest BCUT2D eigenvalue weighted by Crippen LogP contribution is 2.18. The van der Waals surface area contributed by atoms with Crippen LogP contribution in [0.15, 0.2) is 12.2 Å². The van der Waals surface area contributed by atoms with Gasteiger partial charge in [0.2, 0.25) is 0 Å². The first-order valence-electron chi connectivity index (χ1n) is 3.65. The number of allylic oxidation sites excluding steroid dienone is 2. The fourth-order valence-electron chi connectivity index (χ4n) is 0.589. The third kappa shape index (κ3) is 7.41. The van der Waals surface area contributed by atoms with E-state index in [0.29, 0.717) is 11.8 Å². The van der Waals surface area contributed by atoms with Crippen molar-refractivity contribution in [2.45, 2.75) is 33.6 Å². The van der Waals surface area contributed by atoms with Crippen LogP contribution in [0.3, 0.4) is 0 Å². The molecule has 0 atom stereocenters. The van der Waals surface area contributed by atoms with Crippen LogP contribution in [-0.4, -0.2) is 6.29 Å². The summed E-state index contributed by atoms with van der Waals surface area (Å²) >= 11 is 0. The molecular formula is C9H16O. The number of carbonyl (C=O) groups is 1. The molecule has 0 N–H and O–H groups in total. The lowest BCUT2D eigenvalue weighted by Gasteiger charge is -2.14. The normalized spacial score (nSPS) is 12.3. The van der Waals surface area contributed by atoms with Crippen LogP contribution in [0.25, 0.3) is 0 Å². The first kappa shape index (κ1) is 9.41. The molecule has 0 heterocycles. The summed E-state index contributed by atoms with van der Waals surface area (Å²) < 4.78 is 0. The molecular weight excluding hydrogens is 124 g/mol. The van der Waals surface area contributed by atoms with Gasteiger partial charge in [0.1, 0.15) is 6.29 Å². The van der Waals surface area contributed by atoms with E-state index in [1.54, 1.807) is 0 Å². The van der Waals surface area contributed by atoms with Crippen LogP contribution in [0.4, 0.5) is 0 Å². The zero-order chi connectivity index (χ0) is 8.04. The van der Waals surface area contributed by atoms with Crippen LogP contribution in [0.2, 0.25) is 0 Å². The number of aldehydes is 1. The number of hydrogen-bond donors (Lipinski definition) is 0. The van der Waals surface area contributed by atoms with Gasteiger partial charge in [-0.3, -0.25) is 0 Å². The van der Waals surface area contributed by atoms with E-state index in [2.05, 4.69) is 26.8 Å². The summed E-state index contributed by atoms with van der Waals surface area (Å²) in [5.74, 6) is 0. The molecule has 0 fully saturated rings. The molecule has 0 aromatic rings. The minimum Gasteiger partial charge on any atom is -0.303 e. The van der Waals surface area contributed by atoms with Crippen molar-refractivity contribution in [3.8, 4) is 0 Å². The monoisotopic (exact) mass is 140 g/mol.